The maximum Gasteiger partial charge on any atom is 0.269 e. The number of rotatable bonds is 5. The second-order valence-electron chi connectivity index (χ2n) is 8.87. The molecule has 5 rings (SSSR count). The standard InChI is InChI=1S/C25H22ClFN4O3S/c1-15-5-7-19(8-6-15)35(33,34)31-14-21(20-11-17(26)12-29-25(20)31)24-28-13-22(27)23(30-24)10-16-3-2-4-18(32)9-16/h5-8,11-14,16H,2-4,9-10H2,1H3/t16-/m0/s1. The zero-order chi connectivity index (χ0) is 24.7. The van der Waals surface area contributed by atoms with Gasteiger partial charge in [-0.2, -0.15) is 0 Å². The molecule has 4 aromatic rings. The van der Waals surface area contributed by atoms with Crippen molar-refractivity contribution in [3.63, 3.8) is 0 Å². The van der Waals surface area contributed by atoms with Crippen LogP contribution in [0.2, 0.25) is 5.02 Å². The topological polar surface area (TPSA) is 94.8 Å². The van der Waals surface area contributed by atoms with Crippen LogP contribution < -0.4 is 0 Å². The second kappa shape index (κ2) is 9.13. The number of fused-ring (bicyclic) bond motifs is 1. The molecule has 1 atom stereocenters. The van der Waals surface area contributed by atoms with E-state index in [1.54, 1.807) is 18.2 Å². The molecule has 0 amide bonds. The van der Waals surface area contributed by atoms with E-state index in [0.29, 0.717) is 35.2 Å². The molecule has 1 aromatic carbocycles. The Labute approximate surface area is 207 Å². The largest absolute Gasteiger partial charge is 0.300 e. The van der Waals surface area contributed by atoms with Crippen LogP contribution in [0.15, 0.2) is 53.8 Å². The molecule has 10 heteroatoms. The van der Waals surface area contributed by atoms with E-state index in [9.17, 15) is 17.6 Å². The third kappa shape index (κ3) is 4.58. The lowest BCUT2D eigenvalue weighted by Crippen LogP contribution is -2.18. The number of carbonyl (C=O) groups is 1. The van der Waals surface area contributed by atoms with E-state index in [4.69, 9.17) is 11.6 Å². The van der Waals surface area contributed by atoms with E-state index >= 15 is 0 Å². The summed E-state index contributed by atoms with van der Waals surface area (Å²) in [6.45, 7) is 1.87. The van der Waals surface area contributed by atoms with Gasteiger partial charge >= 0.3 is 0 Å². The van der Waals surface area contributed by atoms with Crippen LogP contribution in [0.4, 0.5) is 4.39 Å². The van der Waals surface area contributed by atoms with Crippen molar-refractivity contribution in [2.75, 3.05) is 0 Å². The van der Waals surface area contributed by atoms with Gasteiger partial charge in [0.05, 0.1) is 21.8 Å². The SMILES string of the molecule is Cc1ccc(S(=O)(=O)n2cc(-c3ncc(F)c(C[C@H]4CCCC(=O)C4)n3)c3cc(Cl)cnc32)cc1. The Morgan fingerprint density at radius 2 is 1.94 bits per heavy atom. The van der Waals surface area contributed by atoms with Gasteiger partial charge in [-0.25, -0.2) is 31.7 Å². The molecule has 0 N–H and O–H groups in total. The van der Waals surface area contributed by atoms with Crippen LogP contribution in [0.3, 0.4) is 0 Å². The quantitative estimate of drug-likeness (QED) is 0.368. The minimum Gasteiger partial charge on any atom is -0.300 e. The molecule has 0 bridgehead atoms. The molecular formula is C25H22ClFN4O3S. The maximum atomic E-state index is 14.6. The molecular weight excluding hydrogens is 491 g/mol. The molecule has 1 saturated carbocycles. The molecule has 1 aliphatic rings. The van der Waals surface area contributed by atoms with Crippen molar-refractivity contribution in [1.29, 1.82) is 0 Å². The summed E-state index contributed by atoms with van der Waals surface area (Å²) in [6.07, 6.45) is 6.75. The zero-order valence-electron chi connectivity index (χ0n) is 18.9. The van der Waals surface area contributed by atoms with Crippen molar-refractivity contribution in [2.24, 2.45) is 5.92 Å². The molecule has 0 spiro atoms. The van der Waals surface area contributed by atoms with Gasteiger partial charge in [-0.3, -0.25) is 4.79 Å². The van der Waals surface area contributed by atoms with Gasteiger partial charge in [0.2, 0.25) is 0 Å². The third-order valence-electron chi connectivity index (χ3n) is 6.28. The van der Waals surface area contributed by atoms with Crippen LogP contribution in [-0.2, 0) is 21.2 Å². The fourth-order valence-electron chi connectivity index (χ4n) is 4.48. The first-order valence-electron chi connectivity index (χ1n) is 11.2. The number of ketones is 1. The van der Waals surface area contributed by atoms with Crippen LogP contribution >= 0.6 is 11.6 Å². The highest BCUT2D eigenvalue weighted by molar-refractivity contribution is 7.90. The Morgan fingerprint density at radius 3 is 2.69 bits per heavy atom. The zero-order valence-corrected chi connectivity index (χ0v) is 20.5. The van der Waals surface area contributed by atoms with Gasteiger partial charge < -0.3 is 0 Å². The summed E-state index contributed by atoms with van der Waals surface area (Å²) in [5, 5.41) is 0.742. The van der Waals surface area contributed by atoms with E-state index in [1.165, 1.54) is 24.5 Å². The van der Waals surface area contributed by atoms with E-state index in [2.05, 4.69) is 15.0 Å². The Balaban J connectivity index is 1.62. The minimum absolute atomic E-state index is 0.0212. The lowest BCUT2D eigenvalue weighted by atomic mass is 9.85. The maximum absolute atomic E-state index is 14.6. The lowest BCUT2D eigenvalue weighted by molar-refractivity contribution is -0.121. The Morgan fingerprint density at radius 1 is 1.17 bits per heavy atom. The van der Waals surface area contributed by atoms with E-state index in [1.807, 2.05) is 6.92 Å². The first-order chi connectivity index (χ1) is 16.7. The predicted molar refractivity (Wildman–Crippen MR) is 130 cm³/mol. The number of carbonyl (C=O) groups excluding carboxylic acids is 1. The van der Waals surface area contributed by atoms with Crippen molar-refractivity contribution in [1.82, 2.24) is 18.9 Å². The highest BCUT2D eigenvalue weighted by Crippen LogP contribution is 2.33. The van der Waals surface area contributed by atoms with Crippen molar-refractivity contribution in [2.45, 2.75) is 43.9 Å². The van der Waals surface area contributed by atoms with Gasteiger partial charge in [-0.05, 0) is 50.3 Å². The molecule has 7 nitrogen and oxygen atoms in total. The van der Waals surface area contributed by atoms with Gasteiger partial charge in [-0.1, -0.05) is 29.3 Å². The smallest absolute Gasteiger partial charge is 0.269 e. The Kier molecular flexibility index (Phi) is 6.14. The normalized spacial score (nSPS) is 16.7. The van der Waals surface area contributed by atoms with Crippen LogP contribution in [0.25, 0.3) is 22.4 Å². The van der Waals surface area contributed by atoms with Crippen LogP contribution in [0.1, 0.15) is 36.9 Å². The number of halogens is 2. The highest BCUT2D eigenvalue weighted by Gasteiger charge is 2.26. The number of aromatic nitrogens is 4. The van der Waals surface area contributed by atoms with Crippen LogP contribution in [-0.4, -0.2) is 33.1 Å². The minimum atomic E-state index is -3.99. The van der Waals surface area contributed by atoms with E-state index < -0.39 is 15.8 Å². The van der Waals surface area contributed by atoms with Crippen LogP contribution in [0, 0.1) is 18.7 Å². The fraction of sp³-hybridized carbons (Fsp3) is 0.280. The van der Waals surface area contributed by atoms with Gasteiger partial charge in [0, 0.05) is 36.2 Å². The molecule has 1 aliphatic carbocycles. The van der Waals surface area contributed by atoms with E-state index in [0.717, 1.165) is 28.6 Å². The molecule has 0 radical (unpaired) electrons. The Hall–Kier alpha value is -3.17. The molecule has 1 fully saturated rings. The summed E-state index contributed by atoms with van der Waals surface area (Å²) in [6, 6.07) is 8.09. The summed E-state index contributed by atoms with van der Waals surface area (Å²) in [7, 11) is -3.99. The predicted octanol–water partition coefficient (Wildman–Crippen LogP) is 5.13. The molecule has 180 valence electrons. The molecule has 0 saturated heterocycles. The second-order valence-corrected chi connectivity index (χ2v) is 11.1. The average Bonchev–Trinajstić information content (AvgIpc) is 3.20. The highest BCUT2D eigenvalue weighted by atomic mass is 35.5. The molecule has 0 unspecified atom stereocenters. The van der Waals surface area contributed by atoms with Gasteiger partial charge in [0.15, 0.2) is 17.3 Å². The number of pyridine rings is 1. The van der Waals surface area contributed by atoms with Gasteiger partial charge in [0.25, 0.3) is 10.0 Å². The number of nitrogens with zero attached hydrogens (tertiary/aromatic N) is 4. The number of aryl methyl sites for hydroxylation is 1. The summed E-state index contributed by atoms with van der Waals surface area (Å²) >= 11 is 6.18. The average molecular weight is 513 g/mol. The lowest BCUT2D eigenvalue weighted by Gasteiger charge is -2.20. The van der Waals surface area contributed by atoms with Gasteiger partial charge in [-0.15, -0.1) is 0 Å². The summed E-state index contributed by atoms with van der Waals surface area (Å²) in [5.41, 5.74) is 1.66. The molecule has 3 heterocycles. The summed E-state index contributed by atoms with van der Waals surface area (Å²) in [4.78, 5) is 24.8. The fourth-order valence-corrected chi connectivity index (χ4v) is 5.96. The first kappa shape index (κ1) is 23.6. The third-order valence-corrected chi connectivity index (χ3v) is 8.15. The van der Waals surface area contributed by atoms with Crippen molar-refractivity contribution >= 4 is 38.4 Å². The molecule has 35 heavy (non-hydrogen) atoms. The molecule has 3 aromatic heterocycles. The summed E-state index contributed by atoms with van der Waals surface area (Å²) < 4.78 is 42.6. The number of hydrogen-bond donors (Lipinski definition) is 0. The number of hydrogen-bond acceptors (Lipinski definition) is 6. The first-order valence-corrected chi connectivity index (χ1v) is 13.1. The monoisotopic (exact) mass is 512 g/mol. The Bertz CT molecular complexity index is 1550. The van der Waals surface area contributed by atoms with Crippen molar-refractivity contribution in [3.8, 4) is 11.4 Å². The van der Waals surface area contributed by atoms with Crippen molar-refractivity contribution < 1.29 is 17.6 Å². The summed E-state index contributed by atoms with van der Waals surface area (Å²) in [5.74, 6) is -0.191. The van der Waals surface area contributed by atoms with Crippen LogP contribution in [0.5, 0.6) is 0 Å². The molecule has 0 aliphatic heterocycles. The van der Waals surface area contributed by atoms with E-state index in [-0.39, 0.29) is 33.8 Å². The van der Waals surface area contributed by atoms with Gasteiger partial charge in [0.1, 0.15) is 5.78 Å². The number of Topliss-reactive ketones (excluding diaryl/α,β-unsaturated/α-hetero) is 1. The van der Waals surface area contributed by atoms with Crippen molar-refractivity contribution in [3.05, 3.63) is 71.0 Å². The number of benzene rings is 1.